The number of para-hydroxylation sites is 2. The van der Waals surface area contributed by atoms with Crippen molar-refractivity contribution in [2.24, 2.45) is 5.10 Å². The third-order valence-electron chi connectivity index (χ3n) is 4.87. The van der Waals surface area contributed by atoms with E-state index < -0.39 is 11.8 Å². The summed E-state index contributed by atoms with van der Waals surface area (Å²) in [5.74, 6) is -0.964. The number of aryl methyl sites for hydroxylation is 1. The number of nitrogens with one attached hydrogen (secondary N) is 1. The Labute approximate surface area is 184 Å². The number of rotatable bonds is 4. The number of benzene rings is 2. The van der Waals surface area contributed by atoms with Crippen LogP contribution in [0.15, 0.2) is 83.5 Å². The van der Waals surface area contributed by atoms with Gasteiger partial charge in [-0.3, -0.25) is 9.59 Å². The van der Waals surface area contributed by atoms with Gasteiger partial charge in [-0.05, 0) is 44.2 Å². The number of amides is 2. The van der Waals surface area contributed by atoms with Crippen LogP contribution in [-0.2, 0) is 9.59 Å². The smallest absolute Gasteiger partial charge is 0.282 e. The van der Waals surface area contributed by atoms with E-state index in [1.54, 1.807) is 50.2 Å². The van der Waals surface area contributed by atoms with Crippen LogP contribution < -0.4 is 10.3 Å². The average Bonchev–Trinajstić information content (AvgIpc) is 3.26. The predicted octanol–water partition coefficient (Wildman–Crippen LogP) is 3.32. The lowest BCUT2D eigenvalue weighted by atomic mass is 10.1. The Balaban J connectivity index is 1.79. The van der Waals surface area contributed by atoms with Crippen molar-refractivity contribution in [3.63, 3.8) is 0 Å². The number of carbonyl (C=O) groups is 2. The fourth-order valence-electron chi connectivity index (χ4n) is 3.19. The van der Waals surface area contributed by atoms with Gasteiger partial charge < -0.3 is 10.4 Å². The molecular weight excluding hydrogens is 406 g/mol. The van der Waals surface area contributed by atoms with Gasteiger partial charge in [-0.2, -0.15) is 10.1 Å². The van der Waals surface area contributed by atoms with Gasteiger partial charge in [0.15, 0.2) is 5.84 Å². The summed E-state index contributed by atoms with van der Waals surface area (Å²) in [6.45, 7) is 6.91. The average molecular weight is 427 g/mol. The Morgan fingerprint density at radius 2 is 1.66 bits per heavy atom. The molecule has 4 rings (SSSR count). The van der Waals surface area contributed by atoms with Crippen LogP contribution in [-0.4, -0.2) is 32.5 Å². The second kappa shape index (κ2) is 8.35. The molecule has 0 aliphatic carbocycles. The summed E-state index contributed by atoms with van der Waals surface area (Å²) < 4.78 is 1.39. The SMILES string of the molecule is C=C(C)C(=O)NC1=NN(c2ccccc2)C(=O)/C1=C\c1c(C)nn(-c2ccccc2)c1O. The highest BCUT2D eigenvalue weighted by molar-refractivity contribution is 6.34. The van der Waals surface area contributed by atoms with Crippen molar-refractivity contribution < 1.29 is 14.7 Å². The van der Waals surface area contributed by atoms with Gasteiger partial charge in [0, 0.05) is 5.57 Å². The maximum Gasteiger partial charge on any atom is 0.282 e. The van der Waals surface area contributed by atoms with Gasteiger partial charge >= 0.3 is 0 Å². The number of aromatic nitrogens is 2. The third kappa shape index (κ3) is 3.81. The highest BCUT2D eigenvalue weighted by Gasteiger charge is 2.33. The molecule has 0 radical (unpaired) electrons. The zero-order valence-electron chi connectivity index (χ0n) is 17.6. The van der Waals surface area contributed by atoms with Crippen LogP contribution in [0.1, 0.15) is 18.2 Å². The summed E-state index contributed by atoms with van der Waals surface area (Å²) in [5.41, 5.74) is 2.47. The first-order valence-electron chi connectivity index (χ1n) is 9.88. The summed E-state index contributed by atoms with van der Waals surface area (Å²) in [5, 5.41) is 23.4. The summed E-state index contributed by atoms with van der Waals surface area (Å²) in [6.07, 6.45) is 1.49. The molecule has 0 saturated heterocycles. The summed E-state index contributed by atoms with van der Waals surface area (Å²) in [6, 6.07) is 18.0. The minimum atomic E-state index is -0.460. The van der Waals surface area contributed by atoms with E-state index in [4.69, 9.17) is 0 Å². The van der Waals surface area contributed by atoms with E-state index in [2.05, 4.69) is 22.1 Å². The molecule has 1 aromatic heterocycles. The molecule has 0 saturated carbocycles. The largest absolute Gasteiger partial charge is 0.493 e. The van der Waals surface area contributed by atoms with Gasteiger partial charge in [0.05, 0.1) is 28.2 Å². The van der Waals surface area contributed by atoms with E-state index in [9.17, 15) is 14.7 Å². The van der Waals surface area contributed by atoms with Crippen LogP contribution in [0.5, 0.6) is 5.88 Å². The lowest BCUT2D eigenvalue weighted by Gasteiger charge is -2.10. The molecule has 2 aromatic carbocycles. The molecule has 2 N–H and O–H groups in total. The zero-order valence-corrected chi connectivity index (χ0v) is 17.6. The number of nitrogens with zero attached hydrogens (tertiary/aromatic N) is 4. The number of hydrogen-bond acceptors (Lipinski definition) is 5. The highest BCUT2D eigenvalue weighted by atomic mass is 16.3. The van der Waals surface area contributed by atoms with Gasteiger partial charge in [0.25, 0.3) is 11.8 Å². The number of aromatic hydroxyl groups is 1. The number of amidine groups is 1. The van der Waals surface area contributed by atoms with Crippen molar-refractivity contribution in [3.05, 3.63) is 89.6 Å². The number of anilines is 1. The molecular formula is C24H21N5O3. The zero-order chi connectivity index (χ0) is 22.8. The van der Waals surface area contributed by atoms with Crippen molar-refractivity contribution in [2.45, 2.75) is 13.8 Å². The van der Waals surface area contributed by atoms with Gasteiger partial charge in [0.1, 0.15) is 0 Å². The van der Waals surface area contributed by atoms with E-state index in [1.165, 1.54) is 15.8 Å². The van der Waals surface area contributed by atoms with Crippen LogP contribution in [0, 0.1) is 6.92 Å². The van der Waals surface area contributed by atoms with Crippen LogP contribution in [0.4, 0.5) is 5.69 Å². The molecule has 0 fully saturated rings. The first-order valence-corrected chi connectivity index (χ1v) is 9.88. The Morgan fingerprint density at radius 3 is 2.25 bits per heavy atom. The molecule has 0 bridgehead atoms. The van der Waals surface area contributed by atoms with E-state index in [-0.39, 0.29) is 22.9 Å². The molecule has 0 atom stereocenters. The number of hydrazone groups is 1. The first kappa shape index (κ1) is 20.8. The van der Waals surface area contributed by atoms with Crippen molar-refractivity contribution in [1.29, 1.82) is 0 Å². The fourth-order valence-corrected chi connectivity index (χ4v) is 3.19. The molecule has 32 heavy (non-hydrogen) atoms. The molecule has 160 valence electrons. The molecule has 8 nitrogen and oxygen atoms in total. The minimum absolute atomic E-state index is 0.0677. The second-order valence-electron chi connectivity index (χ2n) is 7.26. The quantitative estimate of drug-likeness (QED) is 0.624. The molecule has 0 unspecified atom stereocenters. The Morgan fingerprint density at radius 1 is 1.06 bits per heavy atom. The third-order valence-corrected chi connectivity index (χ3v) is 4.87. The normalized spacial score (nSPS) is 14.6. The molecule has 1 aliphatic rings. The summed E-state index contributed by atoms with van der Waals surface area (Å²) in [4.78, 5) is 25.5. The van der Waals surface area contributed by atoms with E-state index in [0.29, 0.717) is 22.6 Å². The lowest BCUT2D eigenvalue weighted by Crippen LogP contribution is -2.31. The van der Waals surface area contributed by atoms with E-state index in [0.717, 1.165) is 0 Å². The van der Waals surface area contributed by atoms with E-state index >= 15 is 0 Å². The monoisotopic (exact) mass is 427 g/mol. The molecule has 3 aromatic rings. The van der Waals surface area contributed by atoms with Crippen molar-refractivity contribution in [2.75, 3.05) is 5.01 Å². The maximum atomic E-state index is 13.2. The Hall–Kier alpha value is -4.46. The van der Waals surface area contributed by atoms with Gasteiger partial charge in [-0.15, -0.1) is 5.10 Å². The predicted molar refractivity (Wildman–Crippen MR) is 122 cm³/mol. The molecule has 2 amide bonds. The molecule has 1 aliphatic heterocycles. The summed E-state index contributed by atoms with van der Waals surface area (Å²) in [7, 11) is 0. The van der Waals surface area contributed by atoms with Crippen LogP contribution in [0.3, 0.4) is 0 Å². The van der Waals surface area contributed by atoms with Gasteiger partial charge in [-0.1, -0.05) is 43.0 Å². The first-order chi connectivity index (χ1) is 15.4. The second-order valence-corrected chi connectivity index (χ2v) is 7.26. The van der Waals surface area contributed by atoms with Crippen molar-refractivity contribution in [3.8, 4) is 11.6 Å². The number of carbonyl (C=O) groups excluding carboxylic acids is 2. The van der Waals surface area contributed by atoms with Crippen LogP contribution >= 0.6 is 0 Å². The Bertz CT molecular complexity index is 1270. The van der Waals surface area contributed by atoms with Gasteiger partial charge in [0.2, 0.25) is 5.88 Å². The summed E-state index contributed by atoms with van der Waals surface area (Å²) >= 11 is 0. The molecule has 2 heterocycles. The maximum absolute atomic E-state index is 13.2. The lowest BCUT2D eigenvalue weighted by molar-refractivity contribution is -0.116. The van der Waals surface area contributed by atoms with E-state index in [1.807, 2.05) is 24.3 Å². The molecule has 8 heteroatoms. The minimum Gasteiger partial charge on any atom is -0.493 e. The van der Waals surface area contributed by atoms with Crippen molar-refractivity contribution >= 4 is 29.4 Å². The highest BCUT2D eigenvalue weighted by Crippen LogP contribution is 2.30. The Kier molecular flexibility index (Phi) is 5.43. The fraction of sp³-hybridized carbons (Fsp3) is 0.0833. The molecule has 0 spiro atoms. The number of hydrogen-bond donors (Lipinski definition) is 2. The van der Waals surface area contributed by atoms with Crippen LogP contribution in [0.25, 0.3) is 11.8 Å². The topological polar surface area (TPSA) is 99.8 Å². The van der Waals surface area contributed by atoms with Crippen molar-refractivity contribution in [1.82, 2.24) is 15.1 Å². The van der Waals surface area contributed by atoms with Crippen LogP contribution in [0.2, 0.25) is 0 Å². The van der Waals surface area contributed by atoms with Gasteiger partial charge in [-0.25, -0.2) is 4.68 Å². The standard InChI is InChI=1S/C24H21N5O3/c1-15(2)22(30)25-21-20(24(32)29(27-21)18-12-8-5-9-13-18)14-19-16(3)26-28(23(19)31)17-10-6-4-7-11-17/h4-14,31H,1H2,2-3H3,(H,25,27,30)/b20-14-.